The molecule has 1 aromatic carbocycles. The van der Waals surface area contributed by atoms with Crippen molar-refractivity contribution in [3.63, 3.8) is 0 Å². The maximum absolute atomic E-state index is 13.0. The van der Waals surface area contributed by atoms with Crippen LogP contribution in [0, 0.1) is 6.92 Å². The standard InChI is InChI=1S/C19H27N5O2.ClH/c1-3-24-14-22-23-17(24)8-11-21-18(25)19(9-12-20-13-10-19)26-16-6-4-15(2)5-7-16;/h4-7,14,20H,3,8-13H2,1-2H3,(H,21,25);1H. The molecule has 2 N–H and O–H groups in total. The molecule has 2 heterocycles. The van der Waals surface area contributed by atoms with Crippen LogP contribution in [0.2, 0.25) is 0 Å². The summed E-state index contributed by atoms with van der Waals surface area (Å²) < 4.78 is 8.19. The van der Waals surface area contributed by atoms with Crippen LogP contribution in [0.4, 0.5) is 0 Å². The van der Waals surface area contributed by atoms with Gasteiger partial charge in [-0.05, 0) is 39.1 Å². The van der Waals surface area contributed by atoms with Crippen LogP contribution >= 0.6 is 12.4 Å². The Balaban J connectivity index is 0.00000261. The Labute approximate surface area is 166 Å². The summed E-state index contributed by atoms with van der Waals surface area (Å²) in [6.07, 6.45) is 3.67. The number of hydrogen-bond donors (Lipinski definition) is 2. The van der Waals surface area contributed by atoms with Gasteiger partial charge in [0.05, 0.1) is 0 Å². The lowest BCUT2D eigenvalue weighted by atomic mass is 9.90. The molecule has 0 atom stereocenters. The molecule has 3 rings (SSSR count). The zero-order valence-corrected chi connectivity index (χ0v) is 16.7. The van der Waals surface area contributed by atoms with Gasteiger partial charge >= 0.3 is 0 Å². The minimum Gasteiger partial charge on any atom is -0.477 e. The molecule has 7 nitrogen and oxygen atoms in total. The highest BCUT2D eigenvalue weighted by Gasteiger charge is 2.41. The van der Waals surface area contributed by atoms with E-state index in [9.17, 15) is 4.79 Å². The third kappa shape index (κ3) is 5.20. The molecule has 0 bridgehead atoms. The van der Waals surface area contributed by atoms with E-state index in [4.69, 9.17) is 4.74 Å². The Kier molecular flexibility index (Phi) is 7.62. The van der Waals surface area contributed by atoms with E-state index < -0.39 is 5.60 Å². The van der Waals surface area contributed by atoms with E-state index in [1.54, 1.807) is 6.33 Å². The molecule has 1 aromatic heterocycles. The maximum Gasteiger partial charge on any atom is 0.264 e. The number of rotatable bonds is 7. The monoisotopic (exact) mass is 393 g/mol. The van der Waals surface area contributed by atoms with Crippen LogP contribution in [0.1, 0.15) is 31.2 Å². The van der Waals surface area contributed by atoms with Crippen molar-refractivity contribution >= 4 is 18.3 Å². The molecule has 1 saturated heterocycles. The number of carbonyl (C=O) groups excluding carboxylic acids is 1. The van der Waals surface area contributed by atoms with Crippen LogP contribution in [0.15, 0.2) is 30.6 Å². The summed E-state index contributed by atoms with van der Waals surface area (Å²) in [7, 11) is 0. The lowest BCUT2D eigenvalue weighted by Crippen LogP contribution is -2.56. The second-order valence-corrected chi connectivity index (χ2v) is 6.70. The van der Waals surface area contributed by atoms with Crippen molar-refractivity contribution in [3.8, 4) is 5.75 Å². The van der Waals surface area contributed by atoms with Gasteiger partial charge in [0.25, 0.3) is 5.91 Å². The average Bonchev–Trinajstić information content (AvgIpc) is 3.12. The quantitative estimate of drug-likeness (QED) is 0.750. The number of aromatic nitrogens is 3. The molecule has 148 valence electrons. The molecule has 1 amide bonds. The highest BCUT2D eigenvalue weighted by atomic mass is 35.5. The van der Waals surface area contributed by atoms with Gasteiger partial charge in [-0.15, -0.1) is 22.6 Å². The highest BCUT2D eigenvalue weighted by Crippen LogP contribution is 2.27. The van der Waals surface area contributed by atoms with Crippen LogP contribution < -0.4 is 15.4 Å². The smallest absolute Gasteiger partial charge is 0.264 e. The minimum atomic E-state index is -0.820. The van der Waals surface area contributed by atoms with Crippen molar-refractivity contribution in [3.05, 3.63) is 42.0 Å². The molecular weight excluding hydrogens is 366 g/mol. The zero-order valence-electron chi connectivity index (χ0n) is 15.9. The van der Waals surface area contributed by atoms with Crippen molar-refractivity contribution in [2.75, 3.05) is 19.6 Å². The van der Waals surface area contributed by atoms with Crippen LogP contribution in [0.5, 0.6) is 5.75 Å². The second kappa shape index (κ2) is 9.71. The number of piperidine rings is 1. The van der Waals surface area contributed by atoms with E-state index >= 15 is 0 Å². The van der Waals surface area contributed by atoms with E-state index in [-0.39, 0.29) is 18.3 Å². The number of carbonyl (C=O) groups is 1. The molecule has 2 aromatic rings. The Morgan fingerprint density at radius 3 is 2.67 bits per heavy atom. The lowest BCUT2D eigenvalue weighted by molar-refractivity contribution is -0.139. The predicted octanol–water partition coefficient (Wildman–Crippen LogP) is 1.89. The number of benzene rings is 1. The normalized spacial score (nSPS) is 15.6. The fourth-order valence-electron chi connectivity index (χ4n) is 3.22. The molecule has 0 radical (unpaired) electrons. The first-order valence-electron chi connectivity index (χ1n) is 9.24. The van der Waals surface area contributed by atoms with Crippen molar-refractivity contribution in [2.45, 2.75) is 45.3 Å². The number of halogens is 1. The van der Waals surface area contributed by atoms with E-state index in [2.05, 4.69) is 20.8 Å². The Hall–Kier alpha value is -2.12. The Morgan fingerprint density at radius 1 is 1.30 bits per heavy atom. The first-order chi connectivity index (χ1) is 12.6. The maximum atomic E-state index is 13.0. The fraction of sp³-hybridized carbons (Fsp3) is 0.526. The van der Waals surface area contributed by atoms with Gasteiger partial charge in [-0.25, -0.2) is 0 Å². The largest absolute Gasteiger partial charge is 0.477 e. The number of hydrogen-bond acceptors (Lipinski definition) is 5. The molecule has 8 heteroatoms. The third-order valence-corrected chi connectivity index (χ3v) is 4.83. The summed E-state index contributed by atoms with van der Waals surface area (Å²) in [5.74, 6) is 1.56. The SMILES string of the molecule is CCn1cnnc1CCNC(=O)C1(Oc2ccc(C)cc2)CCNCC1.Cl. The average molecular weight is 394 g/mol. The highest BCUT2D eigenvalue weighted by molar-refractivity contribution is 5.86. The van der Waals surface area contributed by atoms with Crippen LogP contribution in [0.3, 0.4) is 0 Å². The summed E-state index contributed by atoms with van der Waals surface area (Å²) in [4.78, 5) is 13.0. The molecule has 1 aliphatic rings. The molecule has 1 fully saturated rings. The molecule has 0 unspecified atom stereocenters. The van der Waals surface area contributed by atoms with Gasteiger partial charge in [-0.2, -0.15) is 0 Å². The van der Waals surface area contributed by atoms with Gasteiger partial charge in [-0.3, -0.25) is 4.79 Å². The van der Waals surface area contributed by atoms with Gasteiger partial charge in [0.2, 0.25) is 0 Å². The van der Waals surface area contributed by atoms with Crippen molar-refractivity contribution in [1.29, 1.82) is 0 Å². The molecular formula is C19H28ClN5O2. The zero-order chi connectivity index (χ0) is 18.4. The van der Waals surface area contributed by atoms with E-state index in [1.807, 2.05) is 42.7 Å². The first-order valence-corrected chi connectivity index (χ1v) is 9.24. The van der Waals surface area contributed by atoms with Crippen molar-refractivity contribution in [2.24, 2.45) is 0 Å². The number of nitrogens with zero attached hydrogens (tertiary/aromatic N) is 3. The first kappa shape index (κ1) is 21.2. The fourth-order valence-corrected chi connectivity index (χ4v) is 3.22. The third-order valence-electron chi connectivity index (χ3n) is 4.83. The summed E-state index contributed by atoms with van der Waals surface area (Å²) in [6, 6.07) is 7.85. The number of amides is 1. The topological polar surface area (TPSA) is 81.1 Å². The summed E-state index contributed by atoms with van der Waals surface area (Å²) >= 11 is 0. The van der Waals surface area contributed by atoms with Gasteiger partial charge in [0.1, 0.15) is 17.9 Å². The second-order valence-electron chi connectivity index (χ2n) is 6.70. The summed E-state index contributed by atoms with van der Waals surface area (Å²) in [6.45, 7) is 6.95. The predicted molar refractivity (Wildman–Crippen MR) is 106 cm³/mol. The Morgan fingerprint density at radius 2 is 2.00 bits per heavy atom. The molecule has 0 saturated carbocycles. The summed E-state index contributed by atoms with van der Waals surface area (Å²) in [5.41, 5.74) is 0.347. The number of aryl methyl sites for hydroxylation is 2. The summed E-state index contributed by atoms with van der Waals surface area (Å²) in [5, 5.41) is 14.4. The molecule has 0 spiro atoms. The number of ether oxygens (including phenoxy) is 1. The van der Waals surface area contributed by atoms with Crippen LogP contribution in [-0.4, -0.2) is 45.9 Å². The van der Waals surface area contributed by atoms with E-state index in [0.717, 1.165) is 31.2 Å². The number of nitrogens with one attached hydrogen (secondary N) is 2. The molecule has 0 aliphatic carbocycles. The molecule has 1 aliphatic heterocycles. The van der Waals surface area contributed by atoms with Gasteiger partial charge in [-0.1, -0.05) is 17.7 Å². The van der Waals surface area contributed by atoms with Gasteiger partial charge < -0.3 is 19.9 Å². The lowest BCUT2D eigenvalue weighted by Gasteiger charge is -2.36. The Bertz CT molecular complexity index is 726. The van der Waals surface area contributed by atoms with Crippen LogP contribution in [-0.2, 0) is 17.8 Å². The van der Waals surface area contributed by atoms with E-state index in [1.165, 1.54) is 5.56 Å². The van der Waals surface area contributed by atoms with E-state index in [0.29, 0.717) is 25.8 Å². The van der Waals surface area contributed by atoms with Gasteiger partial charge in [0, 0.05) is 32.4 Å². The molecule has 27 heavy (non-hydrogen) atoms. The van der Waals surface area contributed by atoms with Crippen molar-refractivity contribution in [1.82, 2.24) is 25.4 Å². The van der Waals surface area contributed by atoms with Crippen molar-refractivity contribution < 1.29 is 9.53 Å². The minimum absolute atomic E-state index is 0. The van der Waals surface area contributed by atoms with Crippen LogP contribution in [0.25, 0.3) is 0 Å². The van der Waals surface area contributed by atoms with Gasteiger partial charge in [0.15, 0.2) is 5.60 Å².